The minimum atomic E-state index is -0.471. The average molecular weight is 325 g/mol. The number of amides is 1. The number of nitrogens with one attached hydrogen (secondary N) is 1. The number of aryl methyl sites for hydroxylation is 1. The molecule has 0 saturated heterocycles. The van der Waals surface area contributed by atoms with Crippen molar-refractivity contribution >= 4 is 17.3 Å². The van der Waals surface area contributed by atoms with Crippen molar-refractivity contribution in [2.45, 2.75) is 20.8 Å². The van der Waals surface area contributed by atoms with Crippen LogP contribution in [0.1, 0.15) is 35.3 Å². The number of carbonyl (C=O) groups excluding carboxylic acids is 1. The quantitative estimate of drug-likeness (QED) is 0.517. The van der Waals surface area contributed by atoms with E-state index in [0.29, 0.717) is 11.1 Å². The lowest BCUT2D eigenvalue weighted by Gasteiger charge is -2.11. The van der Waals surface area contributed by atoms with Crippen molar-refractivity contribution < 1.29 is 9.72 Å². The Bertz CT molecular complexity index is 783. The van der Waals surface area contributed by atoms with E-state index in [2.05, 4.69) is 10.5 Å². The number of benzene rings is 2. The first-order valence-electron chi connectivity index (χ1n) is 7.58. The monoisotopic (exact) mass is 325 g/mol. The number of hydrazone groups is 1. The number of hydrogen-bond acceptors (Lipinski definition) is 4. The fourth-order valence-electron chi connectivity index (χ4n) is 2.31. The summed E-state index contributed by atoms with van der Waals surface area (Å²) in [7, 11) is 0. The highest BCUT2D eigenvalue weighted by atomic mass is 16.6. The molecule has 2 aromatic rings. The Labute approximate surface area is 140 Å². The maximum absolute atomic E-state index is 12.2. The van der Waals surface area contributed by atoms with Crippen LogP contribution in [0.2, 0.25) is 0 Å². The average Bonchev–Trinajstić information content (AvgIpc) is 2.55. The molecule has 0 heterocycles. The van der Waals surface area contributed by atoms with E-state index in [0.717, 1.165) is 11.3 Å². The topological polar surface area (TPSA) is 84.6 Å². The van der Waals surface area contributed by atoms with Gasteiger partial charge in [0.05, 0.1) is 10.6 Å². The lowest BCUT2D eigenvalue weighted by Crippen LogP contribution is -2.22. The normalized spacial score (nSPS) is 11.4. The van der Waals surface area contributed by atoms with E-state index in [1.54, 1.807) is 6.92 Å². The molecule has 124 valence electrons. The molecular weight excluding hydrogens is 306 g/mol. The van der Waals surface area contributed by atoms with Gasteiger partial charge in [-0.05, 0) is 30.5 Å². The third-order valence-electron chi connectivity index (χ3n) is 3.55. The summed E-state index contributed by atoms with van der Waals surface area (Å²) in [5.41, 5.74) is 4.99. The van der Waals surface area contributed by atoms with Gasteiger partial charge in [-0.25, -0.2) is 5.43 Å². The highest BCUT2D eigenvalue weighted by molar-refractivity contribution is 6.03. The van der Waals surface area contributed by atoms with Crippen molar-refractivity contribution in [1.82, 2.24) is 5.43 Å². The number of nitro groups is 1. The lowest BCUT2D eigenvalue weighted by atomic mass is 10.0. The first kappa shape index (κ1) is 17.3. The highest BCUT2D eigenvalue weighted by Gasteiger charge is 2.14. The molecule has 0 spiro atoms. The molecule has 0 aromatic heterocycles. The molecule has 0 saturated carbocycles. The van der Waals surface area contributed by atoms with Gasteiger partial charge in [0.15, 0.2) is 0 Å². The summed E-state index contributed by atoms with van der Waals surface area (Å²) in [6.45, 7) is 5.59. The van der Waals surface area contributed by atoms with Crippen molar-refractivity contribution in [3.8, 4) is 0 Å². The first-order chi connectivity index (χ1) is 11.4. The zero-order valence-electron chi connectivity index (χ0n) is 13.8. The number of carbonyl (C=O) groups is 1. The first-order valence-corrected chi connectivity index (χ1v) is 7.58. The number of nitrogens with zero attached hydrogens (tertiary/aromatic N) is 2. The van der Waals surface area contributed by atoms with Gasteiger partial charge in [-0.3, -0.25) is 14.9 Å². The molecular formula is C18H19N3O3. The molecule has 0 aliphatic heterocycles. The third-order valence-corrected chi connectivity index (χ3v) is 3.55. The molecule has 2 rings (SSSR count). The van der Waals surface area contributed by atoms with Crippen molar-refractivity contribution in [2.75, 3.05) is 0 Å². The maximum Gasteiger partial charge on any atom is 0.272 e. The molecule has 0 unspecified atom stereocenters. The zero-order chi connectivity index (χ0) is 17.7. The van der Waals surface area contributed by atoms with Crippen LogP contribution in [0.25, 0.3) is 0 Å². The van der Waals surface area contributed by atoms with E-state index in [1.807, 2.05) is 44.2 Å². The van der Waals surface area contributed by atoms with Gasteiger partial charge in [0.2, 0.25) is 0 Å². The second-order valence-corrected chi connectivity index (χ2v) is 5.72. The molecule has 0 aliphatic rings. The van der Waals surface area contributed by atoms with Gasteiger partial charge in [-0.15, -0.1) is 0 Å². The molecule has 1 N–H and O–H groups in total. The minimum Gasteiger partial charge on any atom is -0.267 e. The molecule has 6 nitrogen and oxygen atoms in total. The Morgan fingerprint density at radius 1 is 1.12 bits per heavy atom. The zero-order valence-corrected chi connectivity index (χ0v) is 13.8. The van der Waals surface area contributed by atoms with Gasteiger partial charge in [0.1, 0.15) is 0 Å². The van der Waals surface area contributed by atoms with Gasteiger partial charge in [0, 0.05) is 17.2 Å². The molecule has 0 aliphatic carbocycles. The number of rotatable bonds is 5. The fourth-order valence-corrected chi connectivity index (χ4v) is 2.31. The van der Waals surface area contributed by atoms with E-state index in [4.69, 9.17) is 0 Å². The summed E-state index contributed by atoms with van der Waals surface area (Å²) >= 11 is 0. The maximum atomic E-state index is 12.2. The van der Waals surface area contributed by atoms with E-state index < -0.39 is 10.8 Å². The SMILES string of the molecule is Cc1cc(C(=O)NN=C(c2ccccc2)C(C)C)ccc1[N+](=O)[O-]. The highest BCUT2D eigenvalue weighted by Crippen LogP contribution is 2.18. The predicted octanol–water partition coefficient (Wildman–Crippen LogP) is 3.69. The van der Waals surface area contributed by atoms with Crippen molar-refractivity contribution in [3.63, 3.8) is 0 Å². The van der Waals surface area contributed by atoms with E-state index in [9.17, 15) is 14.9 Å². The minimum absolute atomic E-state index is 0.0118. The Kier molecular flexibility index (Phi) is 5.42. The number of nitro benzene ring substituents is 1. The molecule has 2 aromatic carbocycles. The molecule has 6 heteroatoms. The smallest absolute Gasteiger partial charge is 0.267 e. The third kappa shape index (κ3) is 4.04. The van der Waals surface area contributed by atoms with Crippen molar-refractivity contribution in [3.05, 3.63) is 75.3 Å². The largest absolute Gasteiger partial charge is 0.272 e. The Hall–Kier alpha value is -3.02. The van der Waals surface area contributed by atoms with Gasteiger partial charge in [-0.1, -0.05) is 44.2 Å². The van der Waals surface area contributed by atoms with Crippen molar-refractivity contribution in [1.29, 1.82) is 0 Å². The molecule has 24 heavy (non-hydrogen) atoms. The summed E-state index contributed by atoms with van der Waals surface area (Å²) in [5.74, 6) is -0.270. The van der Waals surface area contributed by atoms with Gasteiger partial charge in [-0.2, -0.15) is 5.10 Å². The molecule has 0 bridgehead atoms. The van der Waals surface area contributed by atoms with E-state index >= 15 is 0 Å². The van der Waals surface area contributed by atoms with Crippen LogP contribution in [0.5, 0.6) is 0 Å². The Balaban J connectivity index is 2.22. The Morgan fingerprint density at radius 2 is 1.79 bits per heavy atom. The van der Waals surface area contributed by atoms with Crippen LogP contribution in [0.3, 0.4) is 0 Å². The van der Waals surface area contributed by atoms with Gasteiger partial charge in [0.25, 0.3) is 11.6 Å². The summed E-state index contributed by atoms with van der Waals surface area (Å²) in [6, 6.07) is 13.8. The van der Waals surface area contributed by atoms with Crippen molar-refractivity contribution in [2.24, 2.45) is 11.0 Å². The van der Waals surface area contributed by atoms with Crippen LogP contribution in [0.4, 0.5) is 5.69 Å². The van der Waals surface area contributed by atoms with Crippen LogP contribution < -0.4 is 5.43 Å². The molecule has 0 fully saturated rings. The van der Waals surface area contributed by atoms with Crippen LogP contribution in [0.15, 0.2) is 53.6 Å². The Morgan fingerprint density at radius 3 is 2.33 bits per heavy atom. The molecule has 0 atom stereocenters. The van der Waals surface area contributed by atoms with Crippen LogP contribution >= 0.6 is 0 Å². The molecule has 1 amide bonds. The predicted molar refractivity (Wildman–Crippen MR) is 93.1 cm³/mol. The van der Waals surface area contributed by atoms with Crippen LogP contribution in [-0.4, -0.2) is 16.5 Å². The summed E-state index contributed by atoms with van der Waals surface area (Å²) < 4.78 is 0. The standard InChI is InChI=1S/C18H19N3O3/c1-12(2)17(14-7-5-4-6-8-14)19-20-18(22)15-9-10-16(21(23)24)13(3)11-15/h4-12H,1-3H3,(H,20,22). The second kappa shape index (κ2) is 7.50. The fraction of sp³-hybridized carbons (Fsp3) is 0.222. The summed E-state index contributed by atoms with van der Waals surface area (Å²) in [4.78, 5) is 22.6. The van der Waals surface area contributed by atoms with Gasteiger partial charge < -0.3 is 0 Å². The second-order valence-electron chi connectivity index (χ2n) is 5.72. The number of hydrogen-bond donors (Lipinski definition) is 1. The summed E-state index contributed by atoms with van der Waals surface area (Å²) in [6.07, 6.45) is 0. The van der Waals surface area contributed by atoms with Gasteiger partial charge >= 0.3 is 0 Å². The van der Waals surface area contributed by atoms with Crippen LogP contribution in [-0.2, 0) is 0 Å². The lowest BCUT2D eigenvalue weighted by molar-refractivity contribution is -0.385. The van der Waals surface area contributed by atoms with E-state index in [1.165, 1.54) is 18.2 Å². The summed E-state index contributed by atoms with van der Waals surface area (Å²) in [5, 5.41) is 15.1. The van der Waals surface area contributed by atoms with Crippen LogP contribution in [0, 0.1) is 23.0 Å². The van der Waals surface area contributed by atoms with E-state index in [-0.39, 0.29) is 11.6 Å². The molecule has 0 radical (unpaired) electrons.